The summed E-state index contributed by atoms with van der Waals surface area (Å²) in [4.78, 5) is 9.89. The fourth-order valence-electron chi connectivity index (χ4n) is 0.422. The van der Waals surface area contributed by atoms with E-state index < -0.39 is 5.97 Å². The molecular weight excluding hydrogens is 143 g/mol. The molecule has 0 aromatic rings. The Bertz CT molecular complexity index is 94.6. The van der Waals surface area contributed by atoms with Gasteiger partial charge in [0.05, 0.1) is 6.42 Å². The van der Waals surface area contributed by atoms with Gasteiger partial charge in [0.2, 0.25) is 0 Å². The third-order valence-electron chi connectivity index (χ3n) is 0.837. The zero-order valence-electron chi connectivity index (χ0n) is 7.26. The SMILES string of the molecule is NCCNCCC(=O)O.[H-].[Na+]. The smallest absolute Gasteiger partial charge is 1.00 e. The molecule has 56 valence electrons. The Kier molecular flexibility index (Phi) is 12.2. The van der Waals surface area contributed by atoms with E-state index in [0.29, 0.717) is 19.6 Å². The van der Waals surface area contributed by atoms with Gasteiger partial charge in [0.25, 0.3) is 0 Å². The molecule has 0 rings (SSSR count). The molecule has 10 heavy (non-hydrogen) atoms. The molecule has 0 amide bonds. The molecule has 0 unspecified atom stereocenters. The van der Waals surface area contributed by atoms with E-state index in [4.69, 9.17) is 10.8 Å². The van der Waals surface area contributed by atoms with Crippen LogP contribution in [0.15, 0.2) is 0 Å². The van der Waals surface area contributed by atoms with E-state index in [-0.39, 0.29) is 37.4 Å². The third-order valence-corrected chi connectivity index (χ3v) is 0.837. The zero-order valence-corrected chi connectivity index (χ0v) is 8.26. The van der Waals surface area contributed by atoms with E-state index in [1.807, 2.05) is 0 Å². The Morgan fingerprint density at radius 2 is 2.20 bits per heavy atom. The first-order chi connectivity index (χ1) is 4.27. The van der Waals surface area contributed by atoms with Crippen LogP contribution in [0.25, 0.3) is 0 Å². The average molecular weight is 156 g/mol. The molecule has 0 heterocycles. The number of nitrogens with one attached hydrogen (secondary N) is 1. The van der Waals surface area contributed by atoms with Gasteiger partial charge < -0.3 is 17.6 Å². The summed E-state index contributed by atoms with van der Waals surface area (Å²) >= 11 is 0. The molecule has 5 heteroatoms. The minimum Gasteiger partial charge on any atom is -1.00 e. The normalized spacial score (nSPS) is 8.50. The molecule has 0 aromatic carbocycles. The topological polar surface area (TPSA) is 75.3 Å². The Balaban J connectivity index is -0.000000320. The van der Waals surface area contributed by atoms with Gasteiger partial charge in [-0.3, -0.25) is 4.79 Å². The van der Waals surface area contributed by atoms with Crippen molar-refractivity contribution in [3.8, 4) is 0 Å². The van der Waals surface area contributed by atoms with Gasteiger partial charge in [0.1, 0.15) is 0 Å². The molecule has 0 spiro atoms. The third kappa shape index (κ3) is 11.2. The van der Waals surface area contributed by atoms with Crippen LogP contribution < -0.4 is 40.6 Å². The van der Waals surface area contributed by atoms with Crippen molar-refractivity contribution in [1.82, 2.24) is 5.32 Å². The van der Waals surface area contributed by atoms with Crippen molar-refractivity contribution in [3.63, 3.8) is 0 Å². The van der Waals surface area contributed by atoms with Crippen LogP contribution in [0.2, 0.25) is 0 Å². The maximum absolute atomic E-state index is 9.89. The monoisotopic (exact) mass is 156 g/mol. The Hall–Kier alpha value is 0.390. The zero-order chi connectivity index (χ0) is 7.11. The molecule has 0 bridgehead atoms. The van der Waals surface area contributed by atoms with Gasteiger partial charge in [0, 0.05) is 19.6 Å². The Morgan fingerprint density at radius 3 is 2.60 bits per heavy atom. The van der Waals surface area contributed by atoms with Crippen LogP contribution in [0, 0.1) is 0 Å². The molecule has 4 N–H and O–H groups in total. The summed E-state index contributed by atoms with van der Waals surface area (Å²) in [7, 11) is 0. The van der Waals surface area contributed by atoms with Gasteiger partial charge in [-0.25, -0.2) is 0 Å². The van der Waals surface area contributed by atoms with Crippen LogP contribution in [0.1, 0.15) is 7.85 Å². The first-order valence-electron chi connectivity index (χ1n) is 2.90. The summed E-state index contributed by atoms with van der Waals surface area (Å²) in [6.45, 7) is 1.75. The number of aliphatic carboxylic acids is 1. The number of rotatable bonds is 5. The first-order valence-corrected chi connectivity index (χ1v) is 2.90. The fourth-order valence-corrected chi connectivity index (χ4v) is 0.422. The summed E-state index contributed by atoms with van der Waals surface area (Å²) in [6.07, 6.45) is 0.167. The standard InChI is InChI=1S/C5H12N2O2.Na.H/c6-2-4-7-3-1-5(8)9;;/h7H,1-4,6H2,(H,8,9);;/q;+1;-1. The maximum atomic E-state index is 9.89. The number of carbonyl (C=O) groups is 1. The van der Waals surface area contributed by atoms with Gasteiger partial charge >= 0.3 is 35.5 Å². The van der Waals surface area contributed by atoms with Crippen LogP contribution in [0.4, 0.5) is 0 Å². The molecule has 4 nitrogen and oxygen atoms in total. The van der Waals surface area contributed by atoms with Gasteiger partial charge in [-0.15, -0.1) is 0 Å². The average Bonchev–Trinajstić information content (AvgIpc) is 1.80. The number of nitrogens with two attached hydrogens (primary N) is 1. The molecule has 0 atom stereocenters. The minimum absolute atomic E-state index is 0. The van der Waals surface area contributed by atoms with Crippen molar-refractivity contribution >= 4 is 5.97 Å². The van der Waals surface area contributed by atoms with E-state index in [0.717, 1.165) is 0 Å². The van der Waals surface area contributed by atoms with Crippen molar-refractivity contribution in [2.24, 2.45) is 5.73 Å². The van der Waals surface area contributed by atoms with Gasteiger partial charge in [-0.2, -0.15) is 0 Å². The molecule has 0 saturated heterocycles. The molecule has 0 fully saturated rings. The second-order valence-corrected chi connectivity index (χ2v) is 1.68. The van der Waals surface area contributed by atoms with Crippen molar-refractivity contribution < 1.29 is 40.9 Å². The number of hydrogen-bond donors (Lipinski definition) is 3. The quantitative estimate of drug-likeness (QED) is 0.281. The number of carboxylic acids is 1. The second kappa shape index (κ2) is 9.39. The molecule has 0 radical (unpaired) electrons. The van der Waals surface area contributed by atoms with Crippen molar-refractivity contribution in [2.45, 2.75) is 6.42 Å². The van der Waals surface area contributed by atoms with Crippen LogP contribution in [-0.2, 0) is 4.79 Å². The molecule has 0 aliphatic rings. The fraction of sp³-hybridized carbons (Fsp3) is 0.800. The van der Waals surface area contributed by atoms with Crippen molar-refractivity contribution in [1.29, 1.82) is 0 Å². The largest absolute Gasteiger partial charge is 1.00 e. The summed E-state index contributed by atoms with van der Waals surface area (Å²) < 4.78 is 0. The Morgan fingerprint density at radius 1 is 1.60 bits per heavy atom. The molecule has 0 aliphatic heterocycles. The van der Waals surface area contributed by atoms with Crippen LogP contribution in [0.5, 0.6) is 0 Å². The predicted octanol–water partition coefficient (Wildman–Crippen LogP) is -3.87. The summed E-state index contributed by atoms with van der Waals surface area (Å²) in [5.41, 5.74) is 5.14. The van der Waals surface area contributed by atoms with Crippen LogP contribution in [0.3, 0.4) is 0 Å². The molecule has 0 aliphatic carbocycles. The maximum Gasteiger partial charge on any atom is 1.00 e. The van der Waals surface area contributed by atoms with Gasteiger partial charge in [-0.1, -0.05) is 0 Å². The van der Waals surface area contributed by atoms with E-state index >= 15 is 0 Å². The van der Waals surface area contributed by atoms with Crippen molar-refractivity contribution in [2.75, 3.05) is 19.6 Å². The first kappa shape index (κ1) is 13.0. The molecule has 0 saturated carbocycles. The Labute approximate surface area is 83.9 Å². The number of hydrogen-bond acceptors (Lipinski definition) is 3. The van der Waals surface area contributed by atoms with Crippen LogP contribution >= 0.6 is 0 Å². The summed E-state index contributed by atoms with van der Waals surface area (Å²) in [6, 6.07) is 0. The number of carboxylic acid groups (broad SMARTS) is 1. The van der Waals surface area contributed by atoms with Crippen LogP contribution in [-0.4, -0.2) is 30.7 Å². The van der Waals surface area contributed by atoms with E-state index in [2.05, 4.69) is 5.32 Å². The second-order valence-electron chi connectivity index (χ2n) is 1.68. The minimum atomic E-state index is -0.778. The van der Waals surface area contributed by atoms with Gasteiger partial charge in [0.15, 0.2) is 0 Å². The molecular formula is C5H13N2NaO2. The summed E-state index contributed by atoms with van der Waals surface area (Å²) in [5.74, 6) is -0.778. The van der Waals surface area contributed by atoms with E-state index in [9.17, 15) is 4.79 Å². The van der Waals surface area contributed by atoms with Crippen molar-refractivity contribution in [3.05, 3.63) is 0 Å². The summed E-state index contributed by atoms with van der Waals surface area (Å²) in [5, 5.41) is 11.0. The van der Waals surface area contributed by atoms with E-state index in [1.54, 1.807) is 0 Å². The predicted molar refractivity (Wildman–Crippen MR) is 35.3 cm³/mol. The molecule has 0 aromatic heterocycles. The van der Waals surface area contributed by atoms with Gasteiger partial charge in [-0.05, 0) is 0 Å². The van der Waals surface area contributed by atoms with E-state index in [1.165, 1.54) is 0 Å².